The van der Waals surface area contributed by atoms with Crippen LogP contribution in [0.15, 0.2) is 42.6 Å². The molecule has 1 aliphatic carbocycles. The number of anilines is 1. The van der Waals surface area contributed by atoms with Gasteiger partial charge >= 0.3 is 5.97 Å². The summed E-state index contributed by atoms with van der Waals surface area (Å²) in [5, 5.41) is 21.5. The summed E-state index contributed by atoms with van der Waals surface area (Å²) < 4.78 is 5.83. The highest BCUT2D eigenvalue weighted by atomic mass is 35.5. The standard InChI is InChI=1S/C21H19ClN4O4S/c22-15-3-1-2-13(10-15)19-25-26-21(31-19)24-18(27)14-6-9-17(23-11-14)30-16-7-4-12(5-8-16)20(28)29/h1-3,6,9-12,16H,4-5,7-8H2,(H,28,29)(H,24,26,27). The molecule has 0 atom stereocenters. The minimum absolute atomic E-state index is 0.0610. The lowest BCUT2D eigenvalue weighted by Crippen LogP contribution is -2.28. The number of hydrogen-bond acceptors (Lipinski definition) is 7. The van der Waals surface area contributed by atoms with Crippen LogP contribution in [-0.4, -0.2) is 38.3 Å². The van der Waals surface area contributed by atoms with E-state index in [0.717, 1.165) is 5.56 Å². The first-order chi connectivity index (χ1) is 15.0. The van der Waals surface area contributed by atoms with E-state index in [2.05, 4.69) is 20.5 Å². The first-order valence-corrected chi connectivity index (χ1v) is 10.9. The molecule has 2 aromatic heterocycles. The average molecular weight is 459 g/mol. The van der Waals surface area contributed by atoms with Gasteiger partial charge in [0.25, 0.3) is 5.91 Å². The highest BCUT2D eigenvalue weighted by molar-refractivity contribution is 7.18. The Morgan fingerprint density at radius 1 is 1.13 bits per heavy atom. The fourth-order valence-corrected chi connectivity index (χ4v) is 4.29. The molecule has 1 aromatic carbocycles. The topological polar surface area (TPSA) is 114 Å². The summed E-state index contributed by atoms with van der Waals surface area (Å²) in [6.07, 6.45) is 3.92. The van der Waals surface area contributed by atoms with Gasteiger partial charge in [0.15, 0.2) is 0 Å². The number of benzene rings is 1. The molecule has 1 aliphatic rings. The molecule has 1 amide bonds. The van der Waals surface area contributed by atoms with Crippen molar-refractivity contribution < 1.29 is 19.4 Å². The lowest BCUT2D eigenvalue weighted by molar-refractivity contribution is -0.143. The predicted octanol–water partition coefficient (Wildman–Crippen LogP) is 4.53. The zero-order valence-electron chi connectivity index (χ0n) is 16.3. The van der Waals surface area contributed by atoms with Crippen LogP contribution in [0.25, 0.3) is 10.6 Å². The van der Waals surface area contributed by atoms with Crippen molar-refractivity contribution in [1.82, 2.24) is 15.2 Å². The number of carboxylic acid groups (broad SMARTS) is 1. The quantitative estimate of drug-likeness (QED) is 0.557. The van der Waals surface area contributed by atoms with Gasteiger partial charge in [0.05, 0.1) is 11.5 Å². The lowest BCUT2D eigenvalue weighted by Gasteiger charge is -2.26. The molecule has 8 nitrogen and oxygen atoms in total. The van der Waals surface area contributed by atoms with Crippen molar-refractivity contribution in [3.8, 4) is 16.5 Å². The van der Waals surface area contributed by atoms with E-state index in [0.29, 0.717) is 52.3 Å². The van der Waals surface area contributed by atoms with E-state index in [9.17, 15) is 9.59 Å². The Morgan fingerprint density at radius 2 is 1.94 bits per heavy atom. The number of amides is 1. The minimum Gasteiger partial charge on any atom is -0.481 e. The van der Waals surface area contributed by atoms with E-state index in [4.69, 9.17) is 21.4 Å². The largest absolute Gasteiger partial charge is 0.481 e. The van der Waals surface area contributed by atoms with Crippen LogP contribution < -0.4 is 10.1 Å². The number of carbonyl (C=O) groups excluding carboxylic acids is 1. The molecule has 31 heavy (non-hydrogen) atoms. The molecule has 1 fully saturated rings. The first kappa shape index (κ1) is 21.2. The van der Waals surface area contributed by atoms with Gasteiger partial charge in [0.2, 0.25) is 11.0 Å². The van der Waals surface area contributed by atoms with Crippen LogP contribution in [0.2, 0.25) is 5.02 Å². The molecule has 10 heteroatoms. The summed E-state index contributed by atoms with van der Waals surface area (Å²) in [7, 11) is 0. The SMILES string of the molecule is O=C(Nc1nnc(-c2cccc(Cl)c2)s1)c1ccc(OC2CCC(C(=O)O)CC2)nc1. The first-order valence-electron chi connectivity index (χ1n) is 9.74. The van der Waals surface area contributed by atoms with Crippen molar-refractivity contribution in [2.75, 3.05) is 5.32 Å². The normalized spacial score (nSPS) is 18.4. The Labute approximate surface area is 187 Å². The Balaban J connectivity index is 1.33. The molecule has 0 aliphatic heterocycles. The summed E-state index contributed by atoms with van der Waals surface area (Å²) in [6, 6.07) is 10.5. The molecule has 3 aromatic rings. The number of nitrogens with one attached hydrogen (secondary N) is 1. The summed E-state index contributed by atoms with van der Waals surface area (Å²) in [5.74, 6) is -0.982. The number of ether oxygens (including phenoxy) is 1. The number of rotatable bonds is 6. The fraction of sp³-hybridized carbons (Fsp3) is 0.286. The third-order valence-corrected chi connectivity index (χ3v) is 6.15. The molecule has 0 unspecified atom stereocenters. The molecular formula is C21H19ClN4O4S. The number of halogens is 1. The number of nitrogens with zero attached hydrogens (tertiary/aromatic N) is 3. The summed E-state index contributed by atoms with van der Waals surface area (Å²) in [4.78, 5) is 27.7. The van der Waals surface area contributed by atoms with E-state index < -0.39 is 5.97 Å². The number of pyridine rings is 1. The molecule has 4 rings (SSSR count). The predicted molar refractivity (Wildman–Crippen MR) is 117 cm³/mol. The molecule has 160 valence electrons. The maximum Gasteiger partial charge on any atom is 0.306 e. The third-order valence-electron chi connectivity index (χ3n) is 5.03. The van der Waals surface area contributed by atoms with Crippen molar-refractivity contribution in [3.63, 3.8) is 0 Å². The zero-order chi connectivity index (χ0) is 21.8. The van der Waals surface area contributed by atoms with Gasteiger partial charge in [-0.2, -0.15) is 0 Å². The van der Waals surface area contributed by atoms with Crippen molar-refractivity contribution in [3.05, 3.63) is 53.2 Å². The summed E-state index contributed by atoms with van der Waals surface area (Å²) in [6.45, 7) is 0. The van der Waals surface area contributed by atoms with Crippen LogP contribution in [0, 0.1) is 5.92 Å². The number of hydrogen-bond donors (Lipinski definition) is 2. The van der Waals surface area contributed by atoms with E-state index >= 15 is 0 Å². The maximum atomic E-state index is 12.5. The summed E-state index contributed by atoms with van der Waals surface area (Å²) >= 11 is 7.25. The average Bonchev–Trinajstić information content (AvgIpc) is 3.23. The Kier molecular flexibility index (Phi) is 6.43. The number of carbonyl (C=O) groups is 2. The zero-order valence-corrected chi connectivity index (χ0v) is 17.9. The van der Waals surface area contributed by atoms with E-state index in [1.165, 1.54) is 17.5 Å². The van der Waals surface area contributed by atoms with Crippen molar-refractivity contribution in [2.45, 2.75) is 31.8 Å². The third kappa shape index (κ3) is 5.36. The van der Waals surface area contributed by atoms with Gasteiger partial charge < -0.3 is 9.84 Å². The van der Waals surface area contributed by atoms with Crippen LogP contribution in [0.3, 0.4) is 0 Å². The number of aromatic nitrogens is 3. The smallest absolute Gasteiger partial charge is 0.306 e. The molecule has 0 spiro atoms. The second kappa shape index (κ2) is 9.40. The van der Waals surface area contributed by atoms with Crippen LogP contribution in [0.5, 0.6) is 5.88 Å². The van der Waals surface area contributed by atoms with Crippen molar-refractivity contribution >= 4 is 39.9 Å². The van der Waals surface area contributed by atoms with E-state index in [1.807, 2.05) is 12.1 Å². The van der Waals surface area contributed by atoms with Gasteiger partial charge in [-0.15, -0.1) is 10.2 Å². The van der Waals surface area contributed by atoms with Gasteiger partial charge in [0.1, 0.15) is 11.1 Å². The number of aliphatic carboxylic acids is 1. The van der Waals surface area contributed by atoms with E-state index in [1.54, 1.807) is 24.3 Å². The second-order valence-corrected chi connectivity index (χ2v) is 8.61. The van der Waals surface area contributed by atoms with Gasteiger partial charge in [-0.1, -0.05) is 35.1 Å². The Hall–Kier alpha value is -3.04. The molecule has 1 saturated carbocycles. The molecule has 0 bridgehead atoms. The molecular weight excluding hydrogens is 440 g/mol. The number of carboxylic acids is 1. The van der Waals surface area contributed by atoms with Crippen LogP contribution in [0.1, 0.15) is 36.0 Å². The fourth-order valence-electron chi connectivity index (χ4n) is 3.36. The molecule has 0 radical (unpaired) electrons. The molecule has 2 heterocycles. The highest BCUT2D eigenvalue weighted by Gasteiger charge is 2.27. The van der Waals surface area contributed by atoms with Gasteiger partial charge in [0, 0.05) is 22.8 Å². The molecule has 0 saturated heterocycles. The highest BCUT2D eigenvalue weighted by Crippen LogP contribution is 2.29. The van der Waals surface area contributed by atoms with Gasteiger partial charge in [-0.05, 0) is 43.9 Å². The Bertz CT molecular complexity index is 1080. The van der Waals surface area contributed by atoms with E-state index in [-0.39, 0.29) is 17.9 Å². The molecule has 2 N–H and O–H groups in total. The van der Waals surface area contributed by atoms with Crippen LogP contribution in [0.4, 0.5) is 5.13 Å². The lowest BCUT2D eigenvalue weighted by atomic mass is 9.87. The minimum atomic E-state index is -0.748. The second-order valence-electron chi connectivity index (χ2n) is 7.19. The summed E-state index contributed by atoms with van der Waals surface area (Å²) in [5.41, 5.74) is 1.19. The Morgan fingerprint density at radius 3 is 2.61 bits per heavy atom. The van der Waals surface area contributed by atoms with Crippen LogP contribution in [-0.2, 0) is 4.79 Å². The maximum absolute atomic E-state index is 12.5. The van der Waals surface area contributed by atoms with Crippen molar-refractivity contribution in [2.24, 2.45) is 5.92 Å². The van der Waals surface area contributed by atoms with Crippen LogP contribution >= 0.6 is 22.9 Å². The van der Waals surface area contributed by atoms with Gasteiger partial charge in [-0.25, -0.2) is 4.98 Å². The van der Waals surface area contributed by atoms with Crippen molar-refractivity contribution in [1.29, 1.82) is 0 Å². The van der Waals surface area contributed by atoms with Gasteiger partial charge in [-0.3, -0.25) is 14.9 Å². The monoisotopic (exact) mass is 458 g/mol.